The maximum Gasteiger partial charge on any atom is 0.271 e. The topological polar surface area (TPSA) is 103 Å². The second-order valence-electron chi connectivity index (χ2n) is 5.62. The summed E-state index contributed by atoms with van der Waals surface area (Å²) in [5.41, 5.74) is 1.14. The number of benzene rings is 1. The lowest BCUT2D eigenvalue weighted by atomic mass is 10.2. The van der Waals surface area contributed by atoms with Gasteiger partial charge in [-0.2, -0.15) is 0 Å². The zero-order chi connectivity index (χ0) is 19.4. The van der Waals surface area contributed by atoms with Gasteiger partial charge in [0.1, 0.15) is 0 Å². The lowest BCUT2D eigenvalue weighted by Crippen LogP contribution is -2.15. The van der Waals surface area contributed by atoms with Gasteiger partial charge in [-0.05, 0) is 30.9 Å². The van der Waals surface area contributed by atoms with E-state index in [0.29, 0.717) is 17.4 Å². The van der Waals surface area contributed by atoms with Gasteiger partial charge in [-0.25, -0.2) is 0 Å². The number of aryl methyl sites for hydroxylation is 1. The fourth-order valence-electron chi connectivity index (χ4n) is 2.44. The number of hydrogen-bond acceptors (Lipinski definition) is 7. The highest BCUT2D eigenvalue weighted by Crippen LogP contribution is 2.27. The lowest BCUT2D eigenvalue weighted by molar-refractivity contribution is -0.384. The summed E-state index contributed by atoms with van der Waals surface area (Å²) in [6.45, 7) is 4.47. The summed E-state index contributed by atoms with van der Waals surface area (Å²) in [5, 5.41) is 24.7. The summed E-state index contributed by atoms with van der Waals surface area (Å²) in [4.78, 5) is 23.7. The number of carbonyl (C=O) groups excluding carboxylic acids is 1. The van der Waals surface area contributed by atoms with Crippen LogP contribution in [0.2, 0.25) is 0 Å². The van der Waals surface area contributed by atoms with Gasteiger partial charge < -0.3 is 9.88 Å². The number of rotatable bonds is 7. The highest BCUT2D eigenvalue weighted by Gasteiger charge is 2.16. The fourth-order valence-corrected chi connectivity index (χ4v) is 3.96. The van der Waals surface area contributed by atoms with Crippen molar-refractivity contribution in [1.82, 2.24) is 14.8 Å². The van der Waals surface area contributed by atoms with Gasteiger partial charge in [0.25, 0.3) is 5.69 Å². The quantitative estimate of drug-likeness (QED) is 0.364. The molecule has 3 rings (SSSR count). The maximum atomic E-state index is 12.3. The van der Waals surface area contributed by atoms with Crippen LogP contribution in [0.1, 0.15) is 12.5 Å². The molecule has 1 aromatic carbocycles. The van der Waals surface area contributed by atoms with Crippen molar-refractivity contribution in [2.45, 2.75) is 25.5 Å². The number of nitrogens with zero attached hydrogens (tertiary/aromatic N) is 4. The number of amides is 1. The number of anilines is 1. The number of thioether (sulfide) groups is 1. The molecule has 0 spiro atoms. The van der Waals surface area contributed by atoms with E-state index < -0.39 is 4.92 Å². The van der Waals surface area contributed by atoms with Crippen LogP contribution in [-0.2, 0) is 11.3 Å². The SMILES string of the molecule is CCn1c(SCC(=O)Nc2cc([N+](=O)[O-])ccc2C)nnc1-c1cccs1. The third kappa shape index (κ3) is 4.34. The zero-order valence-electron chi connectivity index (χ0n) is 14.7. The van der Waals surface area contributed by atoms with Crippen molar-refractivity contribution in [1.29, 1.82) is 0 Å². The Kier molecular flexibility index (Phi) is 5.87. The number of nitro benzene ring substituents is 1. The molecule has 10 heteroatoms. The van der Waals surface area contributed by atoms with E-state index in [2.05, 4.69) is 15.5 Å². The molecule has 0 atom stereocenters. The first-order valence-corrected chi connectivity index (χ1v) is 10.0. The molecule has 0 unspecified atom stereocenters. The number of hydrogen-bond donors (Lipinski definition) is 1. The van der Waals surface area contributed by atoms with E-state index in [1.54, 1.807) is 24.3 Å². The van der Waals surface area contributed by atoms with E-state index >= 15 is 0 Å². The Morgan fingerprint density at radius 3 is 2.85 bits per heavy atom. The summed E-state index contributed by atoms with van der Waals surface area (Å²) >= 11 is 2.86. The van der Waals surface area contributed by atoms with Crippen LogP contribution in [0.3, 0.4) is 0 Å². The smallest absolute Gasteiger partial charge is 0.271 e. The minimum Gasteiger partial charge on any atom is -0.325 e. The van der Waals surface area contributed by atoms with Crippen LogP contribution >= 0.6 is 23.1 Å². The molecule has 27 heavy (non-hydrogen) atoms. The Labute approximate surface area is 163 Å². The van der Waals surface area contributed by atoms with Crippen molar-refractivity contribution >= 4 is 40.4 Å². The molecule has 0 bridgehead atoms. The van der Waals surface area contributed by atoms with Crippen LogP contribution in [0.25, 0.3) is 10.7 Å². The lowest BCUT2D eigenvalue weighted by Gasteiger charge is -2.09. The van der Waals surface area contributed by atoms with Gasteiger partial charge in [-0.15, -0.1) is 21.5 Å². The summed E-state index contributed by atoms with van der Waals surface area (Å²) in [6, 6.07) is 8.32. The number of non-ortho nitro benzene ring substituents is 1. The minimum atomic E-state index is -0.486. The van der Waals surface area contributed by atoms with Crippen molar-refractivity contribution in [3.8, 4) is 10.7 Å². The molecule has 140 valence electrons. The van der Waals surface area contributed by atoms with Gasteiger partial charge in [-0.1, -0.05) is 23.9 Å². The van der Waals surface area contributed by atoms with Crippen LogP contribution in [-0.4, -0.2) is 31.3 Å². The first-order chi connectivity index (χ1) is 13.0. The van der Waals surface area contributed by atoms with Crippen molar-refractivity contribution < 1.29 is 9.72 Å². The molecule has 1 N–H and O–H groups in total. The van der Waals surface area contributed by atoms with Crippen molar-refractivity contribution in [3.05, 3.63) is 51.4 Å². The summed E-state index contributed by atoms with van der Waals surface area (Å²) in [7, 11) is 0. The number of aromatic nitrogens is 3. The van der Waals surface area contributed by atoms with E-state index in [9.17, 15) is 14.9 Å². The first-order valence-electron chi connectivity index (χ1n) is 8.14. The normalized spacial score (nSPS) is 10.7. The summed E-state index contributed by atoms with van der Waals surface area (Å²) < 4.78 is 1.96. The summed E-state index contributed by atoms with van der Waals surface area (Å²) in [5.74, 6) is 0.655. The maximum absolute atomic E-state index is 12.3. The molecular formula is C17H17N5O3S2. The predicted molar refractivity (Wildman–Crippen MR) is 106 cm³/mol. The molecule has 0 saturated heterocycles. The Morgan fingerprint density at radius 2 is 2.19 bits per heavy atom. The average Bonchev–Trinajstić information content (AvgIpc) is 3.30. The van der Waals surface area contributed by atoms with E-state index in [4.69, 9.17) is 0 Å². The van der Waals surface area contributed by atoms with Crippen LogP contribution in [0.5, 0.6) is 0 Å². The van der Waals surface area contributed by atoms with Crippen molar-refractivity contribution in [3.63, 3.8) is 0 Å². The fraction of sp³-hybridized carbons (Fsp3) is 0.235. The zero-order valence-corrected chi connectivity index (χ0v) is 16.3. The molecule has 0 saturated carbocycles. The number of nitro groups is 1. The van der Waals surface area contributed by atoms with Gasteiger partial charge in [0.2, 0.25) is 5.91 Å². The second kappa shape index (κ2) is 8.31. The number of thiophene rings is 1. The molecule has 0 radical (unpaired) electrons. The van der Waals surface area contributed by atoms with E-state index in [-0.39, 0.29) is 17.3 Å². The third-order valence-electron chi connectivity index (χ3n) is 3.81. The highest BCUT2D eigenvalue weighted by molar-refractivity contribution is 7.99. The van der Waals surface area contributed by atoms with Crippen molar-refractivity contribution in [2.75, 3.05) is 11.1 Å². The van der Waals surface area contributed by atoms with Gasteiger partial charge >= 0.3 is 0 Å². The van der Waals surface area contributed by atoms with Crippen LogP contribution < -0.4 is 5.32 Å². The third-order valence-corrected chi connectivity index (χ3v) is 5.65. The van der Waals surface area contributed by atoms with E-state index in [1.165, 1.54) is 23.9 Å². The van der Waals surface area contributed by atoms with Gasteiger partial charge in [0.05, 0.1) is 21.2 Å². The molecule has 1 amide bonds. The van der Waals surface area contributed by atoms with E-state index in [0.717, 1.165) is 16.3 Å². The average molecular weight is 403 g/mol. The van der Waals surface area contributed by atoms with E-state index in [1.807, 2.05) is 29.0 Å². The minimum absolute atomic E-state index is 0.0603. The van der Waals surface area contributed by atoms with Gasteiger partial charge in [-0.3, -0.25) is 14.9 Å². The Hall–Kier alpha value is -2.72. The number of carbonyl (C=O) groups is 1. The predicted octanol–water partition coefficient (Wildman–Crippen LogP) is 3.97. The molecule has 0 aliphatic heterocycles. The molecule has 0 aliphatic rings. The first kappa shape index (κ1) is 19.1. The molecule has 2 heterocycles. The molecule has 0 aliphatic carbocycles. The standard InChI is InChI=1S/C17H17N5O3S2/c1-3-21-16(14-5-4-8-26-14)19-20-17(21)27-10-15(23)18-13-9-12(22(24)25)7-6-11(13)2/h4-9H,3,10H2,1-2H3,(H,18,23). The molecule has 3 aromatic rings. The molecular weight excluding hydrogens is 386 g/mol. The molecule has 8 nitrogen and oxygen atoms in total. The largest absolute Gasteiger partial charge is 0.325 e. The Bertz CT molecular complexity index is 969. The highest BCUT2D eigenvalue weighted by atomic mass is 32.2. The van der Waals surface area contributed by atoms with Gasteiger partial charge in [0.15, 0.2) is 11.0 Å². The van der Waals surface area contributed by atoms with Gasteiger partial charge in [0, 0.05) is 18.7 Å². The monoisotopic (exact) mass is 403 g/mol. The molecule has 0 fully saturated rings. The Morgan fingerprint density at radius 1 is 1.37 bits per heavy atom. The molecule has 2 aromatic heterocycles. The van der Waals surface area contributed by atoms with Crippen LogP contribution in [0.15, 0.2) is 40.9 Å². The Balaban J connectivity index is 1.68. The van der Waals surface area contributed by atoms with Crippen molar-refractivity contribution in [2.24, 2.45) is 0 Å². The second-order valence-corrected chi connectivity index (χ2v) is 7.51. The van der Waals surface area contributed by atoms with Crippen LogP contribution in [0, 0.1) is 17.0 Å². The number of nitrogens with one attached hydrogen (secondary N) is 1. The summed E-state index contributed by atoms with van der Waals surface area (Å²) in [6.07, 6.45) is 0. The van der Waals surface area contributed by atoms with Crippen LogP contribution in [0.4, 0.5) is 11.4 Å².